The fourth-order valence-corrected chi connectivity index (χ4v) is 4.75. The molecule has 0 bridgehead atoms. The summed E-state index contributed by atoms with van der Waals surface area (Å²) in [5.74, 6) is -0.394. The Balaban J connectivity index is 1.81. The molecule has 1 aliphatic rings. The van der Waals surface area contributed by atoms with Gasteiger partial charge in [-0.05, 0) is 38.8 Å². The van der Waals surface area contributed by atoms with Crippen molar-refractivity contribution < 1.29 is 27.5 Å². The van der Waals surface area contributed by atoms with Gasteiger partial charge in [-0.15, -0.1) is 0 Å². The van der Waals surface area contributed by atoms with Crippen LogP contribution in [0.5, 0.6) is 5.75 Å². The monoisotopic (exact) mass is 383 g/mol. The van der Waals surface area contributed by atoms with Crippen LogP contribution in [-0.2, 0) is 24.2 Å². The van der Waals surface area contributed by atoms with E-state index in [1.165, 1.54) is 4.90 Å². The molecule has 1 fully saturated rings. The summed E-state index contributed by atoms with van der Waals surface area (Å²) in [7, 11) is -3.08. The molecule has 0 aliphatic carbocycles. The molecule has 0 N–H and O–H groups in total. The average molecular weight is 383 g/mol. The number of nitrogens with zero attached hydrogens (tertiary/aromatic N) is 1. The van der Waals surface area contributed by atoms with Gasteiger partial charge in [-0.3, -0.25) is 4.79 Å². The van der Waals surface area contributed by atoms with E-state index in [4.69, 9.17) is 9.47 Å². The van der Waals surface area contributed by atoms with E-state index in [0.717, 1.165) is 11.1 Å². The van der Waals surface area contributed by atoms with Gasteiger partial charge in [-0.25, -0.2) is 13.2 Å². The van der Waals surface area contributed by atoms with E-state index < -0.39 is 28.3 Å². The second-order valence-corrected chi connectivity index (χ2v) is 8.68. The zero-order chi connectivity index (χ0) is 19.3. The van der Waals surface area contributed by atoms with Crippen LogP contribution < -0.4 is 4.74 Å². The molecular weight excluding hydrogens is 358 g/mol. The van der Waals surface area contributed by atoms with Crippen LogP contribution in [0.25, 0.3) is 0 Å². The highest BCUT2D eigenvalue weighted by Crippen LogP contribution is 2.19. The quantitative estimate of drug-likeness (QED) is 0.659. The molecule has 1 heterocycles. The topological polar surface area (TPSA) is 90.0 Å². The van der Waals surface area contributed by atoms with Crippen LogP contribution in [0.15, 0.2) is 18.2 Å². The molecular formula is C18H25NO6S. The molecule has 1 saturated heterocycles. The number of hydrogen-bond acceptors (Lipinski definition) is 6. The Bertz CT molecular complexity index is 774. The van der Waals surface area contributed by atoms with Gasteiger partial charge in [0.05, 0.1) is 11.5 Å². The minimum Gasteiger partial charge on any atom is -0.482 e. The third-order valence-corrected chi connectivity index (χ3v) is 6.09. The molecule has 0 spiro atoms. The first-order chi connectivity index (χ1) is 12.2. The standard InChI is InChI=1S/C18H25NO6S/c1-4-19(15-7-8-26(22,23)12-15)17(20)10-25-18(21)11-24-16-6-5-13(2)9-14(16)3/h5-6,9,15H,4,7-8,10-12H2,1-3H3/t15-/m0/s1. The lowest BCUT2D eigenvalue weighted by atomic mass is 10.1. The van der Waals surface area contributed by atoms with Crippen molar-refractivity contribution in [1.82, 2.24) is 4.90 Å². The van der Waals surface area contributed by atoms with E-state index in [1.807, 2.05) is 26.0 Å². The zero-order valence-corrected chi connectivity index (χ0v) is 16.2. The normalized spacial score (nSPS) is 18.3. The van der Waals surface area contributed by atoms with Crippen molar-refractivity contribution in [3.63, 3.8) is 0 Å². The predicted molar refractivity (Wildman–Crippen MR) is 96.8 cm³/mol. The van der Waals surface area contributed by atoms with Crippen molar-refractivity contribution in [2.24, 2.45) is 0 Å². The number of likely N-dealkylation sites (N-methyl/N-ethyl adjacent to an activating group) is 1. The number of ether oxygens (including phenoxy) is 2. The highest BCUT2D eigenvalue weighted by molar-refractivity contribution is 7.91. The second kappa shape index (κ2) is 8.53. The first kappa shape index (κ1) is 20.2. The maximum Gasteiger partial charge on any atom is 0.344 e. The van der Waals surface area contributed by atoms with Gasteiger partial charge in [0.1, 0.15) is 5.75 Å². The molecule has 1 aliphatic heterocycles. The van der Waals surface area contributed by atoms with Crippen molar-refractivity contribution in [2.45, 2.75) is 33.2 Å². The summed E-state index contributed by atoms with van der Waals surface area (Å²) >= 11 is 0. The van der Waals surface area contributed by atoms with Crippen LogP contribution in [0.3, 0.4) is 0 Å². The molecule has 0 radical (unpaired) electrons. The zero-order valence-electron chi connectivity index (χ0n) is 15.4. The number of esters is 1. The summed E-state index contributed by atoms with van der Waals surface area (Å²) in [4.78, 5) is 25.5. The molecule has 2 rings (SSSR count). The molecule has 8 heteroatoms. The molecule has 0 unspecified atom stereocenters. The lowest BCUT2D eigenvalue weighted by molar-refractivity contribution is -0.154. The van der Waals surface area contributed by atoms with Crippen molar-refractivity contribution in [3.8, 4) is 5.75 Å². The molecule has 1 aromatic carbocycles. The number of benzene rings is 1. The van der Waals surface area contributed by atoms with E-state index in [0.29, 0.717) is 18.7 Å². The molecule has 1 amide bonds. The number of amides is 1. The summed E-state index contributed by atoms with van der Waals surface area (Å²) in [6.45, 7) is 5.28. The number of sulfone groups is 1. The Morgan fingerprint density at radius 1 is 1.23 bits per heavy atom. The second-order valence-electron chi connectivity index (χ2n) is 6.45. The van der Waals surface area contributed by atoms with E-state index in [1.54, 1.807) is 13.0 Å². The molecule has 0 saturated carbocycles. The number of hydrogen-bond donors (Lipinski definition) is 0. The van der Waals surface area contributed by atoms with Crippen LogP contribution in [0, 0.1) is 13.8 Å². The van der Waals surface area contributed by atoms with Gasteiger partial charge in [0.2, 0.25) is 0 Å². The maximum absolute atomic E-state index is 12.3. The summed E-state index contributed by atoms with van der Waals surface area (Å²) in [5, 5.41) is 0. The maximum atomic E-state index is 12.3. The van der Waals surface area contributed by atoms with Crippen LogP contribution in [0.2, 0.25) is 0 Å². The Morgan fingerprint density at radius 3 is 2.54 bits per heavy atom. The Morgan fingerprint density at radius 2 is 1.96 bits per heavy atom. The molecule has 144 valence electrons. The molecule has 7 nitrogen and oxygen atoms in total. The van der Waals surface area contributed by atoms with Crippen LogP contribution in [0.4, 0.5) is 0 Å². The van der Waals surface area contributed by atoms with Crippen molar-refractivity contribution in [1.29, 1.82) is 0 Å². The van der Waals surface area contributed by atoms with E-state index >= 15 is 0 Å². The lowest BCUT2D eigenvalue weighted by Crippen LogP contribution is -2.43. The number of aryl methyl sites for hydroxylation is 2. The van der Waals surface area contributed by atoms with Crippen LogP contribution >= 0.6 is 0 Å². The van der Waals surface area contributed by atoms with Gasteiger partial charge in [0.25, 0.3) is 5.91 Å². The summed E-state index contributed by atoms with van der Waals surface area (Å²) in [6, 6.07) is 5.26. The highest BCUT2D eigenvalue weighted by Gasteiger charge is 2.34. The van der Waals surface area contributed by atoms with Gasteiger partial charge in [0, 0.05) is 12.6 Å². The van der Waals surface area contributed by atoms with Crippen molar-refractivity contribution in [2.75, 3.05) is 31.3 Å². The van der Waals surface area contributed by atoms with Gasteiger partial charge in [0.15, 0.2) is 23.1 Å². The third kappa shape index (κ3) is 5.45. The van der Waals surface area contributed by atoms with Gasteiger partial charge in [-0.1, -0.05) is 17.7 Å². The summed E-state index contributed by atoms with van der Waals surface area (Å²) < 4.78 is 33.6. The Labute approximate surface area is 154 Å². The molecule has 26 heavy (non-hydrogen) atoms. The molecule has 1 aromatic rings. The predicted octanol–water partition coefficient (Wildman–Crippen LogP) is 1.26. The summed E-state index contributed by atoms with van der Waals surface area (Å²) in [6.07, 6.45) is 0.422. The molecule has 1 atom stereocenters. The van der Waals surface area contributed by atoms with Crippen molar-refractivity contribution >= 4 is 21.7 Å². The van der Waals surface area contributed by atoms with Crippen molar-refractivity contribution in [3.05, 3.63) is 29.3 Å². The largest absolute Gasteiger partial charge is 0.482 e. The van der Waals surface area contributed by atoms with Crippen LogP contribution in [0.1, 0.15) is 24.5 Å². The average Bonchev–Trinajstić information content (AvgIpc) is 2.92. The first-order valence-electron chi connectivity index (χ1n) is 8.57. The Kier molecular flexibility index (Phi) is 6.63. The molecule has 0 aromatic heterocycles. The SMILES string of the molecule is CCN(C(=O)COC(=O)COc1ccc(C)cc1C)[C@H]1CCS(=O)(=O)C1. The third-order valence-electron chi connectivity index (χ3n) is 4.34. The fraction of sp³-hybridized carbons (Fsp3) is 0.556. The lowest BCUT2D eigenvalue weighted by Gasteiger charge is -2.26. The van der Waals surface area contributed by atoms with Gasteiger partial charge < -0.3 is 14.4 Å². The smallest absolute Gasteiger partial charge is 0.344 e. The number of rotatable bonds is 7. The first-order valence-corrected chi connectivity index (χ1v) is 10.4. The number of carbonyl (C=O) groups excluding carboxylic acids is 2. The van der Waals surface area contributed by atoms with E-state index in [2.05, 4.69) is 0 Å². The number of carbonyl (C=O) groups is 2. The highest BCUT2D eigenvalue weighted by atomic mass is 32.2. The van der Waals surface area contributed by atoms with E-state index in [9.17, 15) is 18.0 Å². The summed E-state index contributed by atoms with van der Waals surface area (Å²) in [5.41, 5.74) is 2.00. The fourth-order valence-electron chi connectivity index (χ4n) is 3.02. The van der Waals surface area contributed by atoms with Gasteiger partial charge in [-0.2, -0.15) is 0 Å². The van der Waals surface area contributed by atoms with Gasteiger partial charge >= 0.3 is 5.97 Å². The minimum atomic E-state index is -3.08. The van der Waals surface area contributed by atoms with Crippen LogP contribution in [-0.4, -0.2) is 62.5 Å². The Hall–Kier alpha value is -2.09. The minimum absolute atomic E-state index is 0.0314. The van der Waals surface area contributed by atoms with E-state index in [-0.39, 0.29) is 24.2 Å².